The second-order valence-electron chi connectivity index (χ2n) is 10.5. The van der Waals surface area contributed by atoms with Crippen LogP contribution in [0.25, 0.3) is 20.4 Å². The molecule has 0 N–H and O–H groups in total. The highest BCUT2D eigenvalue weighted by Crippen LogP contribution is 2.38. The molecule has 1 aliphatic rings. The van der Waals surface area contributed by atoms with Crippen LogP contribution in [-0.2, 0) is 35.7 Å². The van der Waals surface area contributed by atoms with E-state index in [-0.39, 0.29) is 11.2 Å². The van der Waals surface area contributed by atoms with Crippen LogP contribution in [-0.4, -0.2) is 41.0 Å². The van der Waals surface area contributed by atoms with Gasteiger partial charge in [0.05, 0.1) is 57.1 Å². The third-order valence-electron chi connectivity index (χ3n) is 6.63. The van der Waals surface area contributed by atoms with Gasteiger partial charge in [-0.3, -0.25) is 9.36 Å². The molecule has 37 heavy (non-hydrogen) atoms. The van der Waals surface area contributed by atoms with Crippen molar-refractivity contribution in [2.45, 2.75) is 59.5 Å². The molecule has 9 heteroatoms. The summed E-state index contributed by atoms with van der Waals surface area (Å²) in [7, 11) is 3.22. The molecule has 0 atom stereocenters. The van der Waals surface area contributed by atoms with E-state index in [4.69, 9.17) is 28.9 Å². The van der Waals surface area contributed by atoms with Gasteiger partial charge in [0, 0.05) is 35.6 Å². The first kappa shape index (κ1) is 25.6. The van der Waals surface area contributed by atoms with E-state index in [0.717, 1.165) is 32.6 Å². The fraction of sp³-hybridized carbons (Fsp3) is 0.464. The number of nitrogens with zero attached hydrogens (tertiary/aromatic N) is 3. The van der Waals surface area contributed by atoms with Crippen LogP contribution >= 0.6 is 11.3 Å². The fourth-order valence-corrected chi connectivity index (χ4v) is 5.86. The second kappa shape index (κ2) is 10.0. The molecule has 1 aliphatic heterocycles. The summed E-state index contributed by atoms with van der Waals surface area (Å²) in [4.78, 5) is 24.2. The maximum atomic E-state index is 13.6. The van der Waals surface area contributed by atoms with Crippen molar-refractivity contribution in [2.75, 3.05) is 20.8 Å². The fourth-order valence-electron chi connectivity index (χ4n) is 4.73. The van der Waals surface area contributed by atoms with E-state index in [2.05, 4.69) is 27.7 Å². The van der Waals surface area contributed by atoms with E-state index >= 15 is 0 Å². The van der Waals surface area contributed by atoms with Gasteiger partial charge in [-0.15, -0.1) is 11.3 Å². The number of hydrogen-bond donors (Lipinski definition) is 0. The minimum Gasteiger partial charge on any atom is -0.497 e. The number of thiophene rings is 1. The van der Waals surface area contributed by atoms with Gasteiger partial charge in [0.15, 0.2) is 0 Å². The molecule has 0 amide bonds. The quantitative estimate of drug-likeness (QED) is 0.318. The highest BCUT2D eigenvalue weighted by Gasteiger charge is 2.31. The third-order valence-corrected chi connectivity index (χ3v) is 7.69. The topological polar surface area (TPSA) is 84.7 Å². The van der Waals surface area contributed by atoms with Crippen LogP contribution < -0.4 is 15.0 Å². The third kappa shape index (κ3) is 4.95. The van der Waals surface area contributed by atoms with Crippen LogP contribution in [0.5, 0.6) is 11.5 Å². The average molecular weight is 524 g/mol. The first-order valence-corrected chi connectivity index (χ1v) is 13.3. The van der Waals surface area contributed by atoms with Crippen LogP contribution in [0.3, 0.4) is 0 Å². The van der Waals surface area contributed by atoms with Crippen molar-refractivity contribution in [1.82, 2.24) is 14.5 Å². The predicted molar refractivity (Wildman–Crippen MR) is 145 cm³/mol. The van der Waals surface area contributed by atoms with E-state index in [1.807, 2.05) is 18.2 Å². The zero-order valence-corrected chi connectivity index (χ0v) is 23.0. The number of hydrogen-bond acceptors (Lipinski definition) is 8. The van der Waals surface area contributed by atoms with E-state index in [9.17, 15) is 4.79 Å². The Bertz CT molecular complexity index is 1520. The van der Waals surface area contributed by atoms with Crippen molar-refractivity contribution in [3.8, 4) is 11.5 Å². The van der Waals surface area contributed by atoms with E-state index in [1.165, 1.54) is 11.3 Å². The smallest absolute Gasteiger partial charge is 0.271 e. The number of ether oxygens (including phenoxy) is 4. The number of pyridine rings is 1. The van der Waals surface area contributed by atoms with E-state index in [0.29, 0.717) is 60.4 Å². The first-order valence-electron chi connectivity index (χ1n) is 12.5. The lowest BCUT2D eigenvalue weighted by atomic mass is 9.92. The summed E-state index contributed by atoms with van der Waals surface area (Å²) in [5, 5.41) is 0.900. The minimum atomic E-state index is -0.289. The van der Waals surface area contributed by atoms with Crippen LogP contribution in [0.2, 0.25) is 0 Å². The molecule has 0 spiro atoms. The summed E-state index contributed by atoms with van der Waals surface area (Å²) in [6, 6.07) is 5.57. The van der Waals surface area contributed by atoms with Crippen molar-refractivity contribution >= 4 is 31.8 Å². The molecule has 0 unspecified atom stereocenters. The zero-order chi connectivity index (χ0) is 26.3. The molecular formula is C28H33N3O5S. The molecule has 4 aromatic rings. The molecule has 5 rings (SSSR count). The zero-order valence-electron chi connectivity index (χ0n) is 22.2. The lowest BCUT2D eigenvalue weighted by molar-refractivity contribution is -0.0422. The monoisotopic (exact) mass is 523 g/mol. The van der Waals surface area contributed by atoms with Gasteiger partial charge in [0.25, 0.3) is 5.56 Å². The molecule has 1 aromatic carbocycles. The number of methoxy groups -OCH3 is 2. The van der Waals surface area contributed by atoms with Gasteiger partial charge in [0.1, 0.15) is 21.0 Å². The van der Waals surface area contributed by atoms with Gasteiger partial charge in [-0.05, 0) is 37.5 Å². The number of aromatic nitrogens is 3. The van der Waals surface area contributed by atoms with Crippen molar-refractivity contribution in [3.63, 3.8) is 0 Å². The van der Waals surface area contributed by atoms with Crippen LogP contribution in [0, 0.1) is 5.92 Å². The summed E-state index contributed by atoms with van der Waals surface area (Å²) < 4.78 is 25.3. The van der Waals surface area contributed by atoms with Crippen molar-refractivity contribution in [1.29, 1.82) is 0 Å². The highest BCUT2D eigenvalue weighted by molar-refractivity contribution is 7.25. The van der Waals surface area contributed by atoms with Crippen LogP contribution in [0.4, 0.5) is 0 Å². The Kier molecular flexibility index (Phi) is 6.95. The Hall–Kier alpha value is -3.01. The van der Waals surface area contributed by atoms with E-state index in [1.54, 1.807) is 25.1 Å². The second-order valence-corrected chi connectivity index (χ2v) is 11.5. The van der Waals surface area contributed by atoms with Gasteiger partial charge < -0.3 is 18.9 Å². The standard InChI is InChI=1S/C28H33N3O5S/c1-16(2)12-35-13-20-19-14-36-28(3,4)10-21(19)30-26-23(20)24-25(37-26)27(32)31(15-29-24)11-17-7-8-18(33-5)9-22(17)34-6/h7-9,15-16H,10-14H2,1-6H3. The largest absolute Gasteiger partial charge is 0.497 e. The Morgan fingerprint density at radius 1 is 1.22 bits per heavy atom. The maximum absolute atomic E-state index is 13.6. The van der Waals surface area contributed by atoms with Crippen LogP contribution in [0.15, 0.2) is 29.3 Å². The molecule has 0 saturated heterocycles. The van der Waals surface area contributed by atoms with Crippen molar-refractivity contribution < 1.29 is 18.9 Å². The summed E-state index contributed by atoms with van der Waals surface area (Å²) in [6.45, 7) is 10.3. The van der Waals surface area contributed by atoms with Crippen molar-refractivity contribution in [2.24, 2.45) is 5.92 Å². The molecule has 3 aromatic heterocycles. The summed E-state index contributed by atoms with van der Waals surface area (Å²) in [5.41, 5.74) is 4.25. The molecule has 8 nitrogen and oxygen atoms in total. The van der Waals surface area contributed by atoms with Gasteiger partial charge in [-0.25, -0.2) is 9.97 Å². The Morgan fingerprint density at radius 3 is 2.76 bits per heavy atom. The lowest BCUT2D eigenvalue weighted by Gasteiger charge is -2.32. The SMILES string of the molecule is COc1ccc(Cn2cnc3c(sc4nc5c(c(COCC(C)C)c43)COC(C)(C)C5)c2=O)c(OC)c1. The van der Waals surface area contributed by atoms with Gasteiger partial charge >= 0.3 is 0 Å². The number of rotatable bonds is 8. The number of fused-ring (bicyclic) bond motifs is 4. The lowest BCUT2D eigenvalue weighted by Crippen LogP contribution is -2.33. The van der Waals surface area contributed by atoms with E-state index < -0.39 is 0 Å². The molecule has 196 valence electrons. The maximum Gasteiger partial charge on any atom is 0.271 e. The molecular weight excluding hydrogens is 490 g/mol. The van der Waals surface area contributed by atoms with Gasteiger partial charge in [-0.2, -0.15) is 0 Å². The van der Waals surface area contributed by atoms with Gasteiger partial charge in [0.2, 0.25) is 0 Å². The first-order chi connectivity index (χ1) is 17.7. The molecule has 0 fully saturated rings. The molecule has 0 saturated carbocycles. The Balaban J connectivity index is 1.62. The van der Waals surface area contributed by atoms with Crippen LogP contribution in [0.1, 0.15) is 50.1 Å². The molecule has 0 aliphatic carbocycles. The average Bonchev–Trinajstić information content (AvgIpc) is 3.23. The summed E-state index contributed by atoms with van der Waals surface area (Å²) >= 11 is 1.40. The minimum absolute atomic E-state index is 0.102. The Morgan fingerprint density at radius 2 is 2.03 bits per heavy atom. The molecule has 4 heterocycles. The number of benzene rings is 1. The Labute approximate surface area is 220 Å². The summed E-state index contributed by atoms with van der Waals surface area (Å²) in [5.74, 6) is 1.77. The summed E-state index contributed by atoms with van der Waals surface area (Å²) in [6.07, 6.45) is 2.32. The predicted octanol–water partition coefficient (Wildman–Crippen LogP) is 5.10. The normalized spacial score (nSPS) is 14.9. The van der Waals surface area contributed by atoms with Gasteiger partial charge in [-0.1, -0.05) is 13.8 Å². The van der Waals surface area contributed by atoms with Crippen molar-refractivity contribution in [3.05, 3.63) is 57.3 Å². The molecule has 0 radical (unpaired) electrons. The highest BCUT2D eigenvalue weighted by atomic mass is 32.1. The molecule has 0 bridgehead atoms.